The molecule has 9 nitrogen and oxygen atoms in total. The summed E-state index contributed by atoms with van der Waals surface area (Å²) in [6.45, 7) is -0.768. The lowest BCUT2D eigenvalue weighted by Crippen LogP contribution is -2.48. The van der Waals surface area contributed by atoms with Crippen LogP contribution in [-0.2, 0) is 14.0 Å². The van der Waals surface area contributed by atoms with Crippen molar-refractivity contribution >= 4 is 30.7 Å². The minimum Gasteiger partial charge on any atom is -0.303 e. The third-order valence-corrected chi connectivity index (χ3v) is 5.89. The average Bonchev–Trinajstić information content (AvgIpc) is 3.08. The van der Waals surface area contributed by atoms with Crippen molar-refractivity contribution in [3.05, 3.63) is 71.3 Å². The van der Waals surface area contributed by atoms with Gasteiger partial charge in [-0.2, -0.15) is 10.1 Å². The molecule has 1 unspecified atom stereocenters. The maximum Gasteiger partial charge on any atom is 0.469 e. The molecule has 3 N–H and O–H groups in total. The molecule has 2 aromatic carbocycles. The highest BCUT2D eigenvalue weighted by molar-refractivity contribution is 8.15. The van der Waals surface area contributed by atoms with Crippen molar-refractivity contribution in [1.82, 2.24) is 10.1 Å². The Bertz CT molecular complexity index is 1040. The van der Waals surface area contributed by atoms with Crippen LogP contribution in [0, 0.1) is 11.6 Å². The van der Waals surface area contributed by atoms with E-state index in [1.54, 1.807) is 18.2 Å². The van der Waals surface area contributed by atoms with Gasteiger partial charge in [0.25, 0.3) is 0 Å². The molecule has 13 heteroatoms. The summed E-state index contributed by atoms with van der Waals surface area (Å²) in [5, 5.41) is 14.5. The van der Waals surface area contributed by atoms with Gasteiger partial charge in [0, 0.05) is 12.6 Å². The van der Waals surface area contributed by atoms with E-state index in [2.05, 4.69) is 9.63 Å². The fourth-order valence-electron chi connectivity index (χ4n) is 2.73. The first-order chi connectivity index (χ1) is 14.0. The molecule has 30 heavy (non-hydrogen) atoms. The van der Waals surface area contributed by atoms with Gasteiger partial charge in [0.1, 0.15) is 16.7 Å². The predicted molar refractivity (Wildman–Crippen MR) is 103 cm³/mol. The normalized spacial score (nSPS) is 19.0. The summed E-state index contributed by atoms with van der Waals surface area (Å²) in [7, 11) is -3.97. The fraction of sp³-hybridized carbons (Fsp3) is 0.176. The molecule has 1 aliphatic rings. The Morgan fingerprint density at radius 2 is 1.93 bits per heavy atom. The molecule has 160 valence electrons. The summed E-state index contributed by atoms with van der Waals surface area (Å²) in [6.07, 6.45) is 0. The number of amides is 2. The summed E-state index contributed by atoms with van der Waals surface area (Å²) in [4.78, 5) is 29.3. The van der Waals surface area contributed by atoms with E-state index >= 15 is 0 Å². The van der Waals surface area contributed by atoms with E-state index in [0.29, 0.717) is 10.6 Å². The Labute approximate surface area is 173 Å². The molecule has 1 atom stereocenters. The molecule has 0 saturated heterocycles. The first kappa shape index (κ1) is 22.3. The highest BCUT2D eigenvalue weighted by atomic mass is 32.2. The summed E-state index contributed by atoms with van der Waals surface area (Å²) >= 11 is 0.724. The number of thioether (sulfide) groups is 1. The third-order valence-electron chi connectivity index (χ3n) is 4.07. The van der Waals surface area contributed by atoms with Gasteiger partial charge in [-0.25, -0.2) is 23.2 Å². The van der Waals surface area contributed by atoms with Crippen LogP contribution >= 0.6 is 19.6 Å². The van der Waals surface area contributed by atoms with Crippen LogP contribution in [0.15, 0.2) is 53.6 Å². The number of nitrogens with zero attached hydrogens (tertiary/aromatic N) is 3. The number of urea groups is 1. The van der Waals surface area contributed by atoms with Crippen molar-refractivity contribution in [3.63, 3.8) is 0 Å². The Kier molecular flexibility index (Phi) is 6.27. The minimum absolute atomic E-state index is 0.152. The number of hydrogen-bond acceptors (Lipinski definition) is 6. The van der Waals surface area contributed by atoms with E-state index in [9.17, 15) is 33.1 Å². The Hall–Kier alpha value is -2.34. The first-order valence-electron chi connectivity index (χ1n) is 8.29. The molecule has 1 heterocycles. The van der Waals surface area contributed by atoms with Crippen molar-refractivity contribution in [3.8, 4) is 0 Å². The van der Waals surface area contributed by atoms with E-state index in [4.69, 9.17) is 0 Å². The number of phosphoric ester groups is 1. The predicted octanol–water partition coefficient (Wildman–Crippen LogP) is 3.08. The Balaban J connectivity index is 2.17. The molecular formula is C17H16F2N3O6PS. The minimum atomic E-state index is -4.98. The van der Waals surface area contributed by atoms with Crippen LogP contribution in [0.25, 0.3) is 0 Å². The van der Waals surface area contributed by atoms with Gasteiger partial charge < -0.3 is 9.79 Å². The molecule has 2 aromatic rings. The monoisotopic (exact) mass is 459 g/mol. The SMILES string of the molecule is CN(O)C(=O)N1N=C(c2cc(F)ccc2F)SC1(COP(=O)(O)O)c1ccccc1. The topological polar surface area (TPSA) is 123 Å². The highest BCUT2D eigenvalue weighted by Crippen LogP contribution is 2.51. The van der Waals surface area contributed by atoms with Gasteiger partial charge in [0.05, 0.1) is 6.61 Å². The second-order valence-corrected chi connectivity index (χ2v) is 8.67. The molecule has 3 rings (SSSR count). The van der Waals surface area contributed by atoms with Crippen molar-refractivity contribution in [2.24, 2.45) is 5.10 Å². The molecule has 1 aliphatic heterocycles. The van der Waals surface area contributed by atoms with Crippen molar-refractivity contribution in [1.29, 1.82) is 0 Å². The Morgan fingerprint density at radius 1 is 1.27 bits per heavy atom. The quantitative estimate of drug-likeness (QED) is 0.357. The van der Waals surface area contributed by atoms with Crippen molar-refractivity contribution in [2.75, 3.05) is 13.7 Å². The molecule has 0 radical (unpaired) electrons. The van der Waals surface area contributed by atoms with Gasteiger partial charge in [0.15, 0.2) is 4.87 Å². The van der Waals surface area contributed by atoms with Crippen LogP contribution in [-0.4, -0.2) is 49.8 Å². The molecule has 0 aliphatic carbocycles. The van der Waals surface area contributed by atoms with E-state index in [-0.39, 0.29) is 15.7 Å². The van der Waals surface area contributed by atoms with E-state index < -0.39 is 37.0 Å². The molecule has 0 bridgehead atoms. The van der Waals surface area contributed by atoms with Gasteiger partial charge in [-0.05, 0) is 23.8 Å². The van der Waals surface area contributed by atoms with Crippen LogP contribution in [0.3, 0.4) is 0 Å². The first-order valence-corrected chi connectivity index (χ1v) is 10.6. The van der Waals surface area contributed by atoms with Gasteiger partial charge in [0.2, 0.25) is 0 Å². The van der Waals surface area contributed by atoms with Gasteiger partial charge in [-0.15, -0.1) is 0 Å². The van der Waals surface area contributed by atoms with Crippen LogP contribution in [0.4, 0.5) is 13.6 Å². The Morgan fingerprint density at radius 3 is 2.53 bits per heavy atom. The lowest BCUT2D eigenvalue weighted by Gasteiger charge is -2.35. The summed E-state index contributed by atoms with van der Waals surface area (Å²) in [5.74, 6) is -1.58. The summed E-state index contributed by atoms with van der Waals surface area (Å²) in [5.41, 5.74) is 0.0431. The third kappa shape index (κ3) is 4.53. The number of hydrogen-bond donors (Lipinski definition) is 3. The lowest BCUT2D eigenvalue weighted by molar-refractivity contribution is -0.0429. The molecular weight excluding hydrogens is 443 g/mol. The van der Waals surface area contributed by atoms with E-state index in [0.717, 1.165) is 37.0 Å². The van der Waals surface area contributed by atoms with Crippen molar-refractivity contribution < 1.29 is 37.7 Å². The van der Waals surface area contributed by atoms with Gasteiger partial charge in [-0.1, -0.05) is 42.1 Å². The fourth-order valence-corrected chi connectivity index (χ4v) is 4.45. The summed E-state index contributed by atoms with van der Waals surface area (Å²) < 4.78 is 44.1. The second kappa shape index (κ2) is 8.42. The largest absolute Gasteiger partial charge is 0.469 e. The van der Waals surface area contributed by atoms with Crippen LogP contribution in [0.1, 0.15) is 11.1 Å². The zero-order valence-corrected chi connectivity index (χ0v) is 17.1. The van der Waals surface area contributed by atoms with E-state index in [1.807, 2.05) is 0 Å². The van der Waals surface area contributed by atoms with Crippen molar-refractivity contribution in [2.45, 2.75) is 4.87 Å². The molecule has 0 spiro atoms. The number of hydrazone groups is 1. The molecule has 0 saturated carbocycles. The number of carbonyl (C=O) groups excluding carboxylic acids is 1. The molecule has 2 amide bonds. The summed E-state index contributed by atoms with van der Waals surface area (Å²) in [6, 6.07) is 9.51. The average molecular weight is 459 g/mol. The second-order valence-electron chi connectivity index (χ2n) is 6.16. The number of phosphoric acid groups is 1. The molecule has 0 aromatic heterocycles. The van der Waals surface area contributed by atoms with Crippen LogP contribution < -0.4 is 0 Å². The highest BCUT2D eigenvalue weighted by Gasteiger charge is 2.51. The standard InChI is InChI=1S/C17H16F2N3O6PS/c1-21(24)16(23)22-17(10-28-29(25,26)27,11-5-3-2-4-6-11)30-15(20-22)13-9-12(18)7-8-14(13)19/h2-9,24H,10H2,1H3,(H2,25,26,27). The molecule has 0 fully saturated rings. The van der Waals surface area contributed by atoms with Gasteiger partial charge >= 0.3 is 13.9 Å². The lowest BCUT2D eigenvalue weighted by atomic mass is 10.1. The maximum atomic E-state index is 14.4. The van der Waals surface area contributed by atoms with Gasteiger partial charge in [-0.3, -0.25) is 9.73 Å². The van der Waals surface area contributed by atoms with Crippen LogP contribution in [0.5, 0.6) is 0 Å². The zero-order valence-electron chi connectivity index (χ0n) is 15.3. The van der Waals surface area contributed by atoms with Crippen LogP contribution in [0.2, 0.25) is 0 Å². The number of hydroxylamine groups is 2. The maximum absolute atomic E-state index is 14.4. The smallest absolute Gasteiger partial charge is 0.303 e. The zero-order chi connectivity index (χ0) is 22.1. The number of halogens is 2. The van der Waals surface area contributed by atoms with E-state index in [1.165, 1.54) is 12.1 Å². The number of rotatable bonds is 5. The number of benzene rings is 2. The number of carbonyl (C=O) groups is 1.